The molecule has 1 amide bonds. The van der Waals surface area contributed by atoms with Crippen LogP contribution in [0, 0.1) is 6.92 Å². The molecule has 0 atom stereocenters. The maximum Gasteiger partial charge on any atom is 0.243 e. The standard InChI is InChI=1S/C20H27N3O3S/c1-17-10-12-19(13-11-17)27(25,26)23(3)16-20(24)21-14-7-15-22(2)18-8-5-4-6-9-18/h4-6,8-13H,7,14-16H2,1-3H3,(H,21,24). The SMILES string of the molecule is Cc1ccc(S(=O)(=O)N(C)CC(=O)NCCCN(C)c2ccccc2)cc1. The van der Waals surface area contributed by atoms with Gasteiger partial charge in [0.15, 0.2) is 0 Å². The largest absolute Gasteiger partial charge is 0.375 e. The Morgan fingerprint density at radius 1 is 1.00 bits per heavy atom. The second-order valence-electron chi connectivity index (χ2n) is 6.53. The third-order valence-corrected chi connectivity index (χ3v) is 6.10. The number of benzene rings is 2. The second kappa shape index (κ2) is 9.53. The first-order chi connectivity index (χ1) is 12.8. The van der Waals surface area contributed by atoms with Crippen LogP contribution in [0.4, 0.5) is 5.69 Å². The van der Waals surface area contributed by atoms with E-state index in [0.29, 0.717) is 6.54 Å². The van der Waals surface area contributed by atoms with Gasteiger partial charge in [0, 0.05) is 32.9 Å². The van der Waals surface area contributed by atoms with Gasteiger partial charge in [-0.25, -0.2) is 8.42 Å². The van der Waals surface area contributed by atoms with Crippen LogP contribution in [0.1, 0.15) is 12.0 Å². The maximum atomic E-state index is 12.5. The number of anilines is 1. The van der Waals surface area contributed by atoms with E-state index in [1.54, 1.807) is 24.3 Å². The Morgan fingerprint density at radius 2 is 1.63 bits per heavy atom. The molecule has 2 aromatic carbocycles. The molecule has 0 aliphatic heterocycles. The summed E-state index contributed by atoms with van der Waals surface area (Å²) in [5, 5.41) is 2.78. The lowest BCUT2D eigenvalue weighted by atomic mass is 10.2. The molecular formula is C20H27N3O3S. The maximum absolute atomic E-state index is 12.5. The van der Waals surface area contributed by atoms with Gasteiger partial charge in [-0.2, -0.15) is 4.31 Å². The molecule has 0 unspecified atom stereocenters. The molecule has 0 aliphatic rings. The van der Waals surface area contributed by atoms with Crippen LogP contribution < -0.4 is 10.2 Å². The molecule has 1 N–H and O–H groups in total. The molecule has 0 fully saturated rings. The van der Waals surface area contributed by atoms with Crippen LogP contribution in [-0.2, 0) is 14.8 Å². The zero-order valence-corrected chi connectivity index (χ0v) is 16.9. The zero-order valence-electron chi connectivity index (χ0n) is 16.1. The predicted molar refractivity (Wildman–Crippen MR) is 108 cm³/mol. The molecule has 6 nitrogen and oxygen atoms in total. The first kappa shape index (κ1) is 20.9. The molecule has 0 spiro atoms. The monoisotopic (exact) mass is 389 g/mol. The van der Waals surface area contributed by atoms with Gasteiger partial charge in [-0.05, 0) is 37.6 Å². The minimum Gasteiger partial charge on any atom is -0.375 e. The lowest BCUT2D eigenvalue weighted by Crippen LogP contribution is -2.39. The fourth-order valence-electron chi connectivity index (χ4n) is 2.59. The van der Waals surface area contributed by atoms with Gasteiger partial charge in [-0.15, -0.1) is 0 Å². The molecule has 0 bridgehead atoms. The minimum atomic E-state index is -3.67. The van der Waals surface area contributed by atoms with Crippen molar-refractivity contribution in [3.8, 4) is 0 Å². The highest BCUT2D eigenvalue weighted by atomic mass is 32.2. The molecule has 146 valence electrons. The van der Waals surface area contributed by atoms with Crippen molar-refractivity contribution < 1.29 is 13.2 Å². The average Bonchev–Trinajstić information content (AvgIpc) is 2.66. The van der Waals surface area contributed by atoms with Gasteiger partial charge in [-0.3, -0.25) is 4.79 Å². The molecule has 0 saturated carbocycles. The number of likely N-dealkylation sites (N-methyl/N-ethyl adjacent to an activating group) is 1. The van der Waals surface area contributed by atoms with Crippen molar-refractivity contribution in [3.63, 3.8) is 0 Å². The Kier molecular flexibility index (Phi) is 7.38. The second-order valence-corrected chi connectivity index (χ2v) is 8.58. The number of carbonyl (C=O) groups is 1. The van der Waals surface area contributed by atoms with E-state index in [-0.39, 0.29) is 17.3 Å². The highest BCUT2D eigenvalue weighted by molar-refractivity contribution is 7.89. The molecule has 2 aromatic rings. The number of nitrogens with zero attached hydrogens (tertiary/aromatic N) is 2. The molecule has 0 heterocycles. The van der Waals surface area contributed by atoms with Crippen molar-refractivity contribution in [2.24, 2.45) is 0 Å². The molecule has 27 heavy (non-hydrogen) atoms. The molecular weight excluding hydrogens is 362 g/mol. The summed E-state index contributed by atoms with van der Waals surface area (Å²) in [5.74, 6) is -0.310. The lowest BCUT2D eigenvalue weighted by Gasteiger charge is -2.20. The van der Waals surface area contributed by atoms with E-state index < -0.39 is 10.0 Å². The van der Waals surface area contributed by atoms with Crippen LogP contribution in [0.5, 0.6) is 0 Å². The third kappa shape index (κ3) is 6.08. The van der Waals surface area contributed by atoms with Crippen LogP contribution in [0.2, 0.25) is 0 Å². The summed E-state index contributed by atoms with van der Waals surface area (Å²) in [5.41, 5.74) is 2.10. The van der Waals surface area contributed by atoms with Crippen LogP contribution >= 0.6 is 0 Å². The van der Waals surface area contributed by atoms with Crippen molar-refractivity contribution in [2.75, 3.05) is 38.6 Å². The highest BCUT2D eigenvalue weighted by Crippen LogP contribution is 2.14. The number of amides is 1. The summed E-state index contributed by atoms with van der Waals surface area (Å²) in [6.07, 6.45) is 0.769. The Hall–Kier alpha value is -2.38. The van der Waals surface area contributed by atoms with Crippen molar-refractivity contribution in [2.45, 2.75) is 18.2 Å². The Morgan fingerprint density at radius 3 is 2.26 bits per heavy atom. The fraction of sp³-hybridized carbons (Fsp3) is 0.350. The summed E-state index contributed by atoms with van der Waals surface area (Å²) >= 11 is 0. The predicted octanol–water partition coefficient (Wildman–Crippen LogP) is 2.26. The number of rotatable bonds is 9. The van der Waals surface area contributed by atoms with Crippen molar-refractivity contribution >= 4 is 21.6 Å². The van der Waals surface area contributed by atoms with Gasteiger partial charge in [0.2, 0.25) is 15.9 Å². The van der Waals surface area contributed by atoms with Crippen molar-refractivity contribution in [1.29, 1.82) is 0 Å². The average molecular weight is 390 g/mol. The summed E-state index contributed by atoms with van der Waals surface area (Å²) in [4.78, 5) is 14.4. The van der Waals surface area contributed by atoms with Gasteiger partial charge >= 0.3 is 0 Å². The number of hydrogen-bond donors (Lipinski definition) is 1. The van der Waals surface area contributed by atoms with E-state index in [0.717, 1.165) is 28.5 Å². The van der Waals surface area contributed by atoms with Gasteiger partial charge in [0.1, 0.15) is 0 Å². The van der Waals surface area contributed by atoms with E-state index in [4.69, 9.17) is 0 Å². The Labute approximate surface area is 161 Å². The van der Waals surface area contributed by atoms with Crippen molar-refractivity contribution in [1.82, 2.24) is 9.62 Å². The van der Waals surface area contributed by atoms with Crippen molar-refractivity contribution in [3.05, 3.63) is 60.2 Å². The molecule has 0 aliphatic carbocycles. The van der Waals surface area contributed by atoms with Gasteiger partial charge in [0.25, 0.3) is 0 Å². The number of hydrogen-bond acceptors (Lipinski definition) is 4. The number of sulfonamides is 1. The van der Waals surface area contributed by atoms with Crippen LogP contribution in [-0.4, -0.2) is 52.4 Å². The van der Waals surface area contributed by atoms with E-state index in [1.165, 1.54) is 7.05 Å². The topological polar surface area (TPSA) is 69.7 Å². The third-order valence-electron chi connectivity index (χ3n) is 4.28. The zero-order chi connectivity index (χ0) is 19.9. The van der Waals surface area contributed by atoms with Gasteiger partial charge in [-0.1, -0.05) is 35.9 Å². The lowest BCUT2D eigenvalue weighted by molar-refractivity contribution is -0.121. The highest BCUT2D eigenvalue weighted by Gasteiger charge is 2.22. The summed E-state index contributed by atoms with van der Waals surface area (Å²) in [6.45, 7) is 2.98. The van der Waals surface area contributed by atoms with E-state index in [1.807, 2.05) is 44.3 Å². The normalized spacial score (nSPS) is 11.4. The van der Waals surface area contributed by atoms with E-state index in [2.05, 4.69) is 10.2 Å². The Bertz CT molecular complexity index is 837. The summed E-state index contributed by atoms with van der Waals surface area (Å²) < 4.78 is 26.1. The molecule has 7 heteroatoms. The molecule has 0 radical (unpaired) electrons. The molecule has 0 aromatic heterocycles. The Balaban J connectivity index is 1.77. The van der Waals surface area contributed by atoms with E-state index in [9.17, 15) is 13.2 Å². The molecule has 2 rings (SSSR count). The smallest absolute Gasteiger partial charge is 0.243 e. The van der Waals surface area contributed by atoms with E-state index >= 15 is 0 Å². The van der Waals surface area contributed by atoms with Crippen LogP contribution in [0.3, 0.4) is 0 Å². The number of nitrogens with one attached hydrogen (secondary N) is 1. The van der Waals surface area contributed by atoms with Crippen LogP contribution in [0.25, 0.3) is 0 Å². The summed E-state index contributed by atoms with van der Waals surface area (Å²) in [7, 11) is -0.253. The van der Waals surface area contributed by atoms with Gasteiger partial charge in [0.05, 0.1) is 11.4 Å². The number of aryl methyl sites for hydroxylation is 1. The summed E-state index contributed by atoms with van der Waals surface area (Å²) in [6, 6.07) is 16.6. The minimum absolute atomic E-state index is 0.188. The number of carbonyl (C=O) groups excluding carboxylic acids is 1. The first-order valence-corrected chi connectivity index (χ1v) is 10.3. The molecule has 0 saturated heterocycles. The van der Waals surface area contributed by atoms with Gasteiger partial charge < -0.3 is 10.2 Å². The quantitative estimate of drug-likeness (QED) is 0.668. The fourth-order valence-corrected chi connectivity index (χ4v) is 3.72. The first-order valence-electron chi connectivity index (χ1n) is 8.86. The number of para-hydroxylation sites is 1. The van der Waals surface area contributed by atoms with Crippen LogP contribution in [0.15, 0.2) is 59.5 Å².